The van der Waals surface area contributed by atoms with Crippen LogP contribution in [0.3, 0.4) is 0 Å². The number of para-hydroxylation sites is 2. The van der Waals surface area contributed by atoms with E-state index in [0.29, 0.717) is 21.7 Å². The number of hydrogen-bond donors (Lipinski definition) is 1. The smallest absolute Gasteiger partial charge is 0.270 e. The molecule has 1 amide bonds. The van der Waals surface area contributed by atoms with E-state index in [0.717, 1.165) is 15.8 Å². The number of aryl methyl sites for hydroxylation is 1. The van der Waals surface area contributed by atoms with Crippen LogP contribution in [0.5, 0.6) is 11.5 Å². The van der Waals surface area contributed by atoms with Gasteiger partial charge >= 0.3 is 0 Å². The fraction of sp³-hybridized carbons (Fsp3) is 0.176. The van der Waals surface area contributed by atoms with E-state index in [4.69, 9.17) is 21.1 Å². The zero-order chi connectivity index (χ0) is 16.7. The minimum absolute atomic E-state index is 0.160. The fourth-order valence-electron chi connectivity index (χ4n) is 2.49. The summed E-state index contributed by atoms with van der Waals surface area (Å²) in [6, 6.07) is 11.0. The summed E-state index contributed by atoms with van der Waals surface area (Å²) in [4.78, 5) is 16.9. The molecule has 0 saturated heterocycles. The van der Waals surface area contributed by atoms with Crippen molar-refractivity contribution in [2.24, 2.45) is 0 Å². The van der Waals surface area contributed by atoms with Gasteiger partial charge in [0.25, 0.3) is 5.91 Å². The molecule has 1 aliphatic rings. The van der Waals surface area contributed by atoms with Crippen molar-refractivity contribution in [2.45, 2.75) is 13.0 Å². The van der Waals surface area contributed by atoms with Crippen molar-refractivity contribution < 1.29 is 14.3 Å². The lowest BCUT2D eigenvalue weighted by molar-refractivity contribution is -0.125. The molecule has 3 aromatic rings. The highest BCUT2D eigenvalue weighted by Crippen LogP contribution is 2.34. The highest BCUT2D eigenvalue weighted by atomic mass is 35.5. The number of halogens is 1. The number of carbonyl (C=O) groups excluding carboxylic acids is 1. The summed E-state index contributed by atoms with van der Waals surface area (Å²) in [5.74, 6) is 0.911. The van der Waals surface area contributed by atoms with E-state index >= 15 is 0 Å². The number of anilines is 1. The minimum Gasteiger partial charge on any atom is -0.485 e. The van der Waals surface area contributed by atoms with E-state index < -0.39 is 6.10 Å². The first-order valence-electron chi connectivity index (χ1n) is 7.37. The van der Waals surface area contributed by atoms with E-state index in [-0.39, 0.29) is 12.5 Å². The van der Waals surface area contributed by atoms with Gasteiger partial charge in [-0.3, -0.25) is 10.1 Å². The number of ether oxygens (including phenoxy) is 2. The summed E-state index contributed by atoms with van der Waals surface area (Å²) in [5.41, 5.74) is 1.81. The molecule has 1 N–H and O–H groups in total. The Labute approximate surface area is 147 Å². The minimum atomic E-state index is -0.719. The third-order valence-electron chi connectivity index (χ3n) is 3.73. The number of nitrogens with zero attached hydrogens (tertiary/aromatic N) is 1. The Morgan fingerprint density at radius 1 is 1.29 bits per heavy atom. The molecule has 0 radical (unpaired) electrons. The van der Waals surface area contributed by atoms with Crippen LogP contribution in [0.4, 0.5) is 5.13 Å². The van der Waals surface area contributed by atoms with Gasteiger partial charge in [-0.15, -0.1) is 0 Å². The molecule has 4 rings (SSSR count). The van der Waals surface area contributed by atoms with Gasteiger partial charge in [-0.25, -0.2) is 4.98 Å². The number of carbonyl (C=O) groups is 1. The van der Waals surface area contributed by atoms with Crippen LogP contribution >= 0.6 is 22.9 Å². The quantitative estimate of drug-likeness (QED) is 0.749. The number of aromatic nitrogens is 1. The molecule has 1 aromatic heterocycles. The second-order valence-electron chi connectivity index (χ2n) is 5.41. The summed E-state index contributed by atoms with van der Waals surface area (Å²) in [6.45, 7) is 2.12. The van der Waals surface area contributed by atoms with Crippen molar-refractivity contribution >= 4 is 44.2 Å². The Balaban J connectivity index is 1.55. The molecular formula is C17H13ClN2O3S. The number of nitrogens with one attached hydrogen (secondary N) is 1. The van der Waals surface area contributed by atoms with Crippen LogP contribution in [0.25, 0.3) is 10.2 Å². The summed E-state index contributed by atoms with van der Waals surface area (Å²) in [7, 11) is 0. The van der Waals surface area contributed by atoms with Crippen molar-refractivity contribution in [2.75, 3.05) is 11.9 Å². The van der Waals surface area contributed by atoms with Gasteiger partial charge in [0, 0.05) is 0 Å². The monoisotopic (exact) mass is 360 g/mol. The average molecular weight is 361 g/mol. The molecule has 0 bridgehead atoms. The maximum Gasteiger partial charge on any atom is 0.270 e. The van der Waals surface area contributed by atoms with E-state index in [9.17, 15) is 4.79 Å². The fourth-order valence-corrected chi connectivity index (χ4v) is 3.71. The van der Waals surface area contributed by atoms with Gasteiger partial charge in [-0.2, -0.15) is 0 Å². The number of amides is 1. The second-order valence-corrected chi connectivity index (χ2v) is 6.82. The molecule has 7 heteroatoms. The SMILES string of the molecule is Cc1ccc(Cl)c2sc(NC(=O)C3COc4ccccc4O3)nc12. The van der Waals surface area contributed by atoms with Crippen LogP contribution < -0.4 is 14.8 Å². The van der Waals surface area contributed by atoms with Crippen molar-refractivity contribution in [1.82, 2.24) is 4.98 Å². The molecule has 122 valence electrons. The van der Waals surface area contributed by atoms with Crippen LogP contribution in [0.1, 0.15) is 5.56 Å². The predicted octanol–water partition coefficient (Wildman–Crippen LogP) is 4.04. The predicted molar refractivity (Wildman–Crippen MR) is 94.3 cm³/mol. The van der Waals surface area contributed by atoms with Gasteiger partial charge < -0.3 is 9.47 Å². The lowest BCUT2D eigenvalue weighted by atomic mass is 10.2. The number of fused-ring (bicyclic) bond motifs is 2. The molecule has 0 fully saturated rings. The van der Waals surface area contributed by atoms with Gasteiger partial charge in [0.15, 0.2) is 16.6 Å². The first-order valence-corrected chi connectivity index (χ1v) is 8.56. The van der Waals surface area contributed by atoms with Crippen molar-refractivity contribution in [3.63, 3.8) is 0 Å². The first-order chi connectivity index (χ1) is 11.6. The molecule has 0 aliphatic carbocycles. The number of rotatable bonds is 2. The van der Waals surface area contributed by atoms with Gasteiger partial charge in [0.1, 0.15) is 6.61 Å². The Morgan fingerprint density at radius 3 is 2.88 bits per heavy atom. The Kier molecular flexibility index (Phi) is 3.78. The molecular weight excluding hydrogens is 348 g/mol. The van der Waals surface area contributed by atoms with Gasteiger partial charge in [0.2, 0.25) is 6.10 Å². The lowest BCUT2D eigenvalue weighted by Gasteiger charge is -2.25. The van der Waals surface area contributed by atoms with E-state index in [1.54, 1.807) is 6.07 Å². The molecule has 1 aliphatic heterocycles. The highest BCUT2D eigenvalue weighted by molar-refractivity contribution is 7.23. The van der Waals surface area contributed by atoms with Crippen LogP contribution in [0, 0.1) is 6.92 Å². The highest BCUT2D eigenvalue weighted by Gasteiger charge is 2.28. The zero-order valence-corrected chi connectivity index (χ0v) is 14.3. The molecule has 2 heterocycles. The normalized spacial score (nSPS) is 16.2. The third kappa shape index (κ3) is 2.68. The first kappa shape index (κ1) is 15.2. The number of thiazole rings is 1. The topological polar surface area (TPSA) is 60.5 Å². The zero-order valence-electron chi connectivity index (χ0n) is 12.7. The molecule has 0 saturated carbocycles. The van der Waals surface area contributed by atoms with Crippen LogP contribution in [-0.2, 0) is 4.79 Å². The third-order valence-corrected chi connectivity index (χ3v) is 5.16. The molecule has 0 spiro atoms. The second kappa shape index (κ2) is 5.96. The summed E-state index contributed by atoms with van der Waals surface area (Å²) in [6.07, 6.45) is -0.719. The van der Waals surface area contributed by atoms with Gasteiger partial charge in [-0.05, 0) is 30.7 Å². The van der Waals surface area contributed by atoms with Crippen molar-refractivity contribution in [1.29, 1.82) is 0 Å². The van der Waals surface area contributed by atoms with Crippen molar-refractivity contribution in [3.8, 4) is 11.5 Å². The van der Waals surface area contributed by atoms with Crippen LogP contribution in [0.2, 0.25) is 5.02 Å². The molecule has 24 heavy (non-hydrogen) atoms. The number of benzene rings is 2. The van der Waals surface area contributed by atoms with E-state index in [2.05, 4.69) is 10.3 Å². The Morgan fingerprint density at radius 2 is 2.08 bits per heavy atom. The summed E-state index contributed by atoms with van der Waals surface area (Å²) in [5, 5.41) is 3.91. The Bertz CT molecular complexity index is 902. The van der Waals surface area contributed by atoms with Crippen molar-refractivity contribution in [3.05, 3.63) is 47.0 Å². The van der Waals surface area contributed by atoms with Gasteiger partial charge in [-0.1, -0.05) is 41.1 Å². The number of hydrogen-bond acceptors (Lipinski definition) is 5. The van der Waals surface area contributed by atoms with E-state index in [1.807, 2.05) is 37.3 Å². The molecule has 2 aromatic carbocycles. The maximum absolute atomic E-state index is 12.4. The average Bonchev–Trinajstić information content (AvgIpc) is 3.03. The van der Waals surface area contributed by atoms with Crippen LogP contribution in [0.15, 0.2) is 36.4 Å². The standard InChI is InChI=1S/C17H13ClN2O3S/c1-9-6-7-10(18)15-14(9)19-17(24-15)20-16(21)13-8-22-11-4-2-3-5-12(11)23-13/h2-7,13H,8H2,1H3,(H,19,20,21). The molecule has 1 unspecified atom stereocenters. The molecule has 1 atom stereocenters. The maximum atomic E-state index is 12.4. The molecule has 5 nitrogen and oxygen atoms in total. The summed E-state index contributed by atoms with van der Waals surface area (Å²) < 4.78 is 12.1. The Hall–Kier alpha value is -2.31. The van der Waals surface area contributed by atoms with Crippen LogP contribution in [-0.4, -0.2) is 23.6 Å². The van der Waals surface area contributed by atoms with E-state index in [1.165, 1.54) is 11.3 Å². The lowest BCUT2D eigenvalue weighted by Crippen LogP contribution is -2.40. The largest absolute Gasteiger partial charge is 0.485 e. The van der Waals surface area contributed by atoms with Gasteiger partial charge in [0.05, 0.1) is 15.2 Å². The summed E-state index contributed by atoms with van der Waals surface area (Å²) >= 11 is 7.54.